The van der Waals surface area contributed by atoms with E-state index in [9.17, 15) is 21.6 Å². The third-order valence-electron chi connectivity index (χ3n) is 2.42. The van der Waals surface area contributed by atoms with E-state index in [2.05, 4.69) is 4.98 Å². The maximum atomic E-state index is 12.3. The number of sulfonamides is 1. The van der Waals surface area contributed by atoms with Gasteiger partial charge in [0.05, 0.1) is 10.6 Å². The van der Waals surface area contributed by atoms with Crippen molar-refractivity contribution in [3.05, 3.63) is 21.9 Å². The molecule has 0 aliphatic heterocycles. The maximum absolute atomic E-state index is 12.3. The second-order valence-corrected chi connectivity index (χ2v) is 7.99. The molecule has 0 bridgehead atoms. The summed E-state index contributed by atoms with van der Waals surface area (Å²) in [4.78, 5) is 6.16. The summed E-state index contributed by atoms with van der Waals surface area (Å²) in [7, 11) is -5.45. The molecule has 2 rings (SSSR count). The summed E-state index contributed by atoms with van der Waals surface area (Å²) < 4.78 is 60.5. The van der Waals surface area contributed by atoms with Crippen LogP contribution < -0.4 is 10.5 Å². The first-order valence-electron chi connectivity index (χ1n) is 5.49. The van der Waals surface area contributed by atoms with Crippen LogP contribution in [-0.2, 0) is 16.6 Å². The molecule has 0 radical (unpaired) electrons. The zero-order valence-corrected chi connectivity index (χ0v) is 13.0. The average molecular weight is 357 g/mol. The zero-order valence-electron chi connectivity index (χ0n) is 10.6. The van der Waals surface area contributed by atoms with Crippen molar-refractivity contribution in [2.75, 3.05) is 4.72 Å². The summed E-state index contributed by atoms with van der Waals surface area (Å²) in [5.74, 6) is 0. The molecular weight excluding hydrogens is 347 g/mol. The minimum Gasteiger partial charge on any atom is -0.326 e. The van der Waals surface area contributed by atoms with E-state index in [-0.39, 0.29) is 5.13 Å². The molecule has 0 unspecified atom stereocenters. The summed E-state index contributed by atoms with van der Waals surface area (Å²) >= 11 is 2.20. The highest BCUT2D eigenvalue weighted by molar-refractivity contribution is 7.93. The van der Waals surface area contributed by atoms with Gasteiger partial charge in [-0.3, -0.25) is 4.72 Å². The van der Waals surface area contributed by atoms with Crippen LogP contribution >= 0.6 is 22.7 Å². The van der Waals surface area contributed by atoms with Gasteiger partial charge in [0.15, 0.2) is 5.13 Å². The van der Waals surface area contributed by atoms with Crippen molar-refractivity contribution in [2.24, 2.45) is 5.73 Å². The van der Waals surface area contributed by atoms with Crippen molar-refractivity contribution in [3.8, 4) is 10.6 Å². The SMILES string of the molecule is Cc1sc(NS(=O)(=O)C(F)(F)F)nc1-c1ccc(CN)s1. The number of alkyl halides is 3. The summed E-state index contributed by atoms with van der Waals surface area (Å²) in [6.07, 6.45) is 0. The monoisotopic (exact) mass is 357 g/mol. The Morgan fingerprint density at radius 1 is 1.33 bits per heavy atom. The van der Waals surface area contributed by atoms with E-state index in [0.717, 1.165) is 21.1 Å². The molecule has 0 amide bonds. The van der Waals surface area contributed by atoms with Crippen molar-refractivity contribution >= 4 is 37.8 Å². The maximum Gasteiger partial charge on any atom is 0.516 e. The fourth-order valence-corrected chi connectivity index (χ4v) is 4.02. The Balaban J connectivity index is 2.32. The molecule has 0 aromatic carbocycles. The predicted molar refractivity (Wildman–Crippen MR) is 76.7 cm³/mol. The second-order valence-electron chi connectivity index (χ2n) is 3.95. The average Bonchev–Trinajstić information content (AvgIpc) is 2.93. The van der Waals surface area contributed by atoms with E-state index in [1.807, 2.05) is 0 Å². The largest absolute Gasteiger partial charge is 0.516 e. The van der Waals surface area contributed by atoms with E-state index < -0.39 is 15.5 Å². The minimum atomic E-state index is -5.45. The van der Waals surface area contributed by atoms with E-state index in [1.54, 1.807) is 19.1 Å². The predicted octanol–water partition coefficient (Wildman–Crippen LogP) is 2.90. The Hall–Kier alpha value is -1.17. The number of aromatic nitrogens is 1. The molecule has 0 aliphatic rings. The third kappa shape index (κ3) is 3.36. The number of nitrogens with zero attached hydrogens (tertiary/aromatic N) is 1. The highest BCUT2D eigenvalue weighted by atomic mass is 32.2. The Kier molecular flexibility index (Phi) is 4.29. The van der Waals surface area contributed by atoms with E-state index in [4.69, 9.17) is 5.73 Å². The number of halogens is 3. The number of nitrogens with one attached hydrogen (secondary N) is 1. The van der Waals surface area contributed by atoms with Gasteiger partial charge in [-0.25, -0.2) is 4.98 Å². The Morgan fingerprint density at radius 3 is 2.52 bits per heavy atom. The number of anilines is 1. The molecule has 5 nitrogen and oxygen atoms in total. The van der Waals surface area contributed by atoms with Crippen LogP contribution in [0.25, 0.3) is 10.6 Å². The summed E-state index contributed by atoms with van der Waals surface area (Å²) in [5.41, 5.74) is 0.568. The molecule has 0 saturated heterocycles. The Bertz CT molecular complexity index is 749. The molecule has 0 spiro atoms. The molecule has 2 aromatic rings. The molecule has 0 saturated carbocycles. The normalized spacial score (nSPS) is 12.6. The third-order valence-corrected chi connectivity index (χ3v) is 5.62. The molecule has 3 N–H and O–H groups in total. The quantitative estimate of drug-likeness (QED) is 0.881. The van der Waals surface area contributed by atoms with Crippen molar-refractivity contribution < 1.29 is 21.6 Å². The number of hydrogen-bond donors (Lipinski definition) is 2. The number of thiophene rings is 1. The molecule has 2 heterocycles. The van der Waals surface area contributed by atoms with E-state index >= 15 is 0 Å². The van der Waals surface area contributed by atoms with Crippen LogP contribution in [0, 0.1) is 6.92 Å². The van der Waals surface area contributed by atoms with Crippen molar-refractivity contribution in [3.63, 3.8) is 0 Å². The van der Waals surface area contributed by atoms with Gasteiger partial charge in [-0.05, 0) is 19.1 Å². The lowest BCUT2D eigenvalue weighted by molar-refractivity contribution is -0.0429. The molecule has 116 valence electrons. The molecular formula is C10H10F3N3O2S3. The van der Waals surface area contributed by atoms with Crippen LogP contribution in [0.15, 0.2) is 12.1 Å². The lowest BCUT2D eigenvalue weighted by Gasteiger charge is -2.07. The van der Waals surface area contributed by atoms with Crippen LogP contribution in [0.1, 0.15) is 9.75 Å². The van der Waals surface area contributed by atoms with Crippen molar-refractivity contribution in [1.29, 1.82) is 0 Å². The lowest BCUT2D eigenvalue weighted by Crippen LogP contribution is -2.29. The van der Waals surface area contributed by atoms with Crippen LogP contribution in [0.4, 0.5) is 18.3 Å². The van der Waals surface area contributed by atoms with Gasteiger partial charge in [-0.15, -0.1) is 22.7 Å². The van der Waals surface area contributed by atoms with Crippen molar-refractivity contribution in [2.45, 2.75) is 19.0 Å². The lowest BCUT2D eigenvalue weighted by atomic mass is 10.3. The molecule has 11 heteroatoms. The van der Waals surface area contributed by atoms with Gasteiger partial charge in [0.25, 0.3) is 0 Å². The Morgan fingerprint density at radius 2 is 2.00 bits per heavy atom. The second kappa shape index (κ2) is 5.55. The van der Waals surface area contributed by atoms with Gasteiger partial charge >= 0.3 is 15.5 Å². The van der Waals surface area contributed by atoms with Gasteiger partial charge < -0.3 is 5.73 Å². The number of hydrogen-bond acceptors (Lipinski definition) is 6. The van der Waals surface area contributed by atoms with Gasteiger partial charge in [0.2, 0.25) is 0 Å². The molecule has 0 fully saturated rings. The number of thiazole rings is 1. The summed E-state index contributed by atoms with van der Waals surface area (Å²) in [6, 6.07) is 3.54. The molecule has 0 atom stereocenters. The molecule has 2 aromatic heterocycles. The Labute approximate surface area is 126 Å². The molecule has 0 aliphatic carbocycles. The molecule has 21 heavy (non-hydrogen) atoms. The minimum absolute atomic E-state index is 0.317. The first kappa shape index (κ1) is 16.2. The number of rotatable bonds is 4. The first-order chi connectivity index (χ1) is 9.64. The fourth-order valence-electron chi connectivity index (χ4n) is 1.46. The highest BCUT2D eigenvalue weighted by Crippen LogP contribution is 2.36. The topological polar surface area (TPSA) is 85.1 Å². The van der Waals surface area contributed by atoms with Crippen molar-refractivity contribution in [1.82, 2.24) is 4.98 Å². The standard InChI is InChI=1S/C10H10F3N3O2S3/c1-5-8(7-3-2-6(4-14)20-7)15-9(19-5)16-21(17,18)10(11,12)13/h2-3H,4,14H2,1H3,(H,15,16). The van der Waals surface area contributed by atoms with Gasteiger partial charge in [0, 0.05) is 16.3 Å². The summed E-state index contributed by atoms with van der Waals surface area (Å²) in [6.45, 7) is 2.00. The fraction of sp³-hybridized carbons (Fsp3) is 0.300. The zero-order chi connectivity index (χ0) is 15.8. The first-order valence-corrected chi connectivity index (χ1v) is 8.61. The van der Waals surface area contributed by atoms with Gasteiger partial charge in [0.1, 0.15) is 0 Å². The summed E-state index contributed by atoms with van der Waals surface area (Å²) in [5, 5.41) is -0.317. The van der Waals surface area contributed by atoms with Crippen LogP contribution in [0.2, 0.25) is 0 Å². The van der Waals surface area contributed by atoms with Crippen LogP contribution in [-0.4, -0.2) is 18.9 Å². The van der Waals surface area contributed by atoms with Crippen LogP contribution in [0.3, 0.4) is 0 Å². The smallest absolute Gasteiger partial charge is 0.326 e. The van der Waals surface area contributed by atoms with Gasteiger partial charge in [-0.2, -0.15) is 21.6 Å². The number of nitrogens with two attached hydrogens (primary N) is 1. The van der Waals surface area contributed by atoms with Gasteiger partial charge in [-0.1, -0.05) is 0 Å². The van der Waals surface area contributed by atoms with E-state index in [1.165, 1.54) is 16.1 Å². The highest BCUT2D eigenvalue weighted by Gasteiger charge is 2.46. The van der Waals surface area contributed by atoms with Crippen LogP contribution in [0.5, 0.6) is 0 Å². The number of aryl methyl sites for hydroxylation is 1. The van der Waals surface area contributed by atoms with E-state index in [0.29, 0.717) is 17.1 Å².